The van der Waals surface area contributed by atoms with Gasteiger partial charge in [-0.05, 0) is 37.1 Å². The Morgan fingerprint density at radius 3 is 2.60 bits per heavy atom. The third-order valence-electron chi connectivity index (χ3n) is 3.38. The summed E-state index contributed by atoms with van der Waals surface area (Å²) in [6.45, 7) is 8.96. The SMILES string of the molecule is Cc1cc2c([nH]1)-c1sc(C)cc1C2(C)C. The first-order valence-corrected chi connectivity index (χ1v) is 6.13. The summed E-state index contributed by atoms with van der Waals surface area (Å²) < 4.78 is 0. The standard InChI is InChI=1S/C13H15NS/c1-7-5-9-11(14-7)12-10(13(9,3)4)6-8(2)15-12/h5-6,14H,1-4H3. The van der Waals surface area contributed by atoms with Crippen LogP contribution < -0.4 is 0 Å². The molecule has 1 nitrogen and oxygen atoms in total. The molecule has 0 unspecified atom stereocenters. The lowest BCUT2D eigenvalue weighted by molar-refractivity contribution is 0.662. The number of rotatable bonds is 0. The second kappa shape index (κ2) is 2.56. The molecule has 0 saturated heterocycles. The van der Waals surface area contributed by atoms with Gasteiger partial charge in [0.2, 0.25) is 0 Å². The van der Waals surface area contributed by atoms with Gasteiger partial charge in [-0.15, -0.1) is 11.3 Å². The van der Waals surface area contributed by atoms with E-state index in [1.54, 1.807) is 0 Å². The van der Waals surface area contributed by atoms with Crippen LogP contribution in [0.1, 0.15) is 35.5 Å². The molecule has 2 aromatic heterocycles. The number of nitrogens with one attached hydrogen (secondary N) is 1. The van der Waals surface area contributed by atoms with E-state index in [-0.39, 0.29) is 5.41 Å². The Balaban J connectivity index is 2.38. The van der Waals surface area contributed by atoms with Crippen LogP contribution in [0.25, 0.3) is 10.6 Å². The van der Waals surface area contributed by atoms with Gasteiger partial charge in [0.05, 0.1) is 10.6 Å². The van der Waals surface area contributed by atoms with Crippen molar-refractivity contribution in [1.29, 1.82) is 0 Å². The number of aromatic nitrogens is 1. The van der Waals surface area contributed by atoms with Crippen LogP contribution >= 0.6 is 11.3 Å². The van der Waals surface area contributed by atoms with Gasteiger partial charge in [-0.25, -0.2) is 0 Å². The second-order valence-corrected chi connectivity index (χ2v) is 6.22. The molecule has 2 heteroatoms. The average Bonchev–Trinajstić information content (AvgIpc) is 2.72. The zero-order chi connectivity index (χ0) is 10.8. The summed E-state index contributed by atoms with van der Waals surface area (Å²) >= 11 is 1.90. The second-order valence-electron chi connectivity index (χ2n) is 4.97. The van der Waals surface area contributed by atoms with Crippen molar-refractivity contribution >= 4 is 11.3 Å². The van der Waals surface area contributed by atoms with E-state index < -0.39 is 0 Å². The molecule has 0 aromatic carbocycles. The van der Waals surface area contributed by atoms with Gasteiger partial charge in [-0.3, -0.25) is 0 Å². The van der Waals surface area contributed by atoms with Crippen molar-refractivity contribution in [1.82, 2.24) is 4.98 Å². The molecule has 1 aliphatic rings. The van der Waals surface area contributed by atoms with E-state index in [2.05, 4.69) is 44.8 Å². The van der Waals surface area contributed by atoms with Crippen LogP contribution in [0, 0.1) is 13.8 Å². The number of aromatic amines is 1. The van der Waals surface area contributed by atoms with Crippen LogP contribution in [0.15, 0.2) is 12.1 Å². The van der Waals surface area contributed by atoms with E-state index >= 15 is 0 Å². The van der Waals surface area contributed by atoms with Crippen molar-refractivity contribution < 1.29 is 0 Å². The van der Waals surface area contributed by atoms with Crippen molar-refractivity contribution in [2.24, 2.45) is 0 Å². The average molecular weight is 217 g/mol. The highest BCUT2D eigenvalue weighted by atomic mass is 32.1. The molecular formula is C13H15NS. The quantitative estimate of drug-likeness (QED) is 0.686. The van der Waals surface area contributed by atoms with Crippen LogP contribution in [-0.2, 0) is 5.41 Å². The molecule has 15 heavy (non-hydrogen) atoms. The van der Waals surface area contributed by atoms with Gasteiger partial charge in [0, 0.05) is 16.0 Å². The van der Waals surface area contributed by atoms with E-state index in [4.69, 9.17) is 0 Å². The molecule has 0 amide bonds. The maximum atomic E-state index is 3.49. The van der Waals surface area contributed by atoms with Gasteiger partial charge >= 0.3 is 0 Å². The fraction of sp³-hybridized carbons (Fsp3) is 0.385. The van der Waals surface area contributed by atoms with Crippen molar-refractivity contribution in [2.45, 2.75) is 33.1 Å². The van der Waals surface area contributed by atoms with Crippen LogP contribution in [0.3, 0.4) is 0 Å². The molecule has 0 saturated carbocycles. The third kappa shape index (κ3) is 1.03. The van der Waals surface area contributed by atoms with Crippen LogP contribution in [0.5, 0.6) is 0 Å². The van der Waals surface area contributed by atoms with Gasteiger partial charge in [0.1, 0.15) is 0 Å². The molecule has 0 spiro atoms. The molecule has 78 valence electrons. The summed E-state index contributed by atoms with van der Waals surface area (Å²) in [7, 11) is 0. The fourth-order valence-corrected chi connectivity index (χ4v) is 3.76. The Labute approximate surface area is 94.2 Å². The fourth-order valence-electron chi connectivity index (χ4n) is 2.57. The first kappa shape index (κ1) is 9.22. The first-order chi connectivity index (χ1) is 7.00. The lowest BCUT2D eigenvalue weighted by atomic mass is 9.84. The molecule has 2 aromatic rings. The molecule has 0 radical (unpaired) electrons. The van der Waals surface area contributed by atoms with Crippen LogP contribution in [0.4, 0.5) is 0 Å². The molecule has 0 bridgehead atoms. The summed E-state index contributed by atoms with van der Waals surface area (Å²) in [6.07, 6.45) is 0. The van der Waals surface area contributed by atoms with Gasteiger partial charge in [0.15, 0.2) is 0 Å². The summed E-state index contributed by atoms with van der Waals surface area (Å²) in [6, 6.07) is 4.63. The lowest BCUT2D eigenvalue weighted by Gasteiger charge is -2.18. The number of H-pyrrole nitrogens is 1. The summed E-state index contributed by atoms with van der Waals surface area (Å²) in [5.74, 6) is 0. The van der Waals surface area contributed by atoms with Crippen LogP contribution in [0.2, 0.25) is 0 Å². The molecule has 0 atom stereocenters. The minimum absolute atomic E-state index is 0.181. The summed E-state index contributed by atoms with van der Waals surface area (Å²) in [5, 5.41) is 0. The predicted molar refractivity (Wildman–Crippen MR) is 65.7 cm³/mol. The van der Waals surface area contributed by atoms with Crippen molar-refractivity contribution in [3.63, 3.8) is 0 Å². The third-order valence-corrected chi connectivity index (χ3v) is 4.45. The Hall–Kier alpha value is -1.02. The van der Waals surface area contributed by atoms with Crippen molar-refractivity contribution in [2.75, 3.05) is 0 Å². The zero-order valence-electron chi connectivity index (χ0n) is 9.56. The maximum Gasteiger partial charge on any atom is 0.0602 e. The van der Waals surface area contributed by atoms with Crippen molar-refractivity contribution in [3.8, 4) is 10.6 Å². The highest BCUT2D eigenvalue weighted by Gasteiger charge is 2.38. The van der Waals surface area contributed by atoms with E-state index in [9.17, 15) is 0 Å². The highest BCUT2D eigenvalue weighted by molar-refractivity contribution is 7.15. The molecule has 1 aliphatic carbocycles. The Morgan fingerprint density at radius 1 is 1.13 bits per heavy atom. The predicted octanol–water partition coefficient (Wildman–Crippen LogP) is 4.00. The Morgan fingerprint density at radius 2 is 1.87 bits per heavy atom. The van der Waals surface area contributed by atoms with Crippen LogP contribution in [-0.4, -0.2) is 4.98 Å². The summed E-state index contributed by atoms with van der Waals surface area (Å²) in [4.78, 5) is 6.35. The molecule has 0 fully saturated rings. The number of fused-ring (bicyclic) bond motifs is 3. The number of thiophene rings is 1. The van der Waals surface area contributed by atoms with E-state index in [1.807, 2.05) is 11.3 Å². The molecule has 2 heterocycles. The summed E-state index contributed by atoms with van der Waals surface area (Å²) in [5.41, 5.74) is 5.75. The minimum atomic E-state index is 0.181. The maximum absolute atomic E-state index is 3.49. The Bertz CT molecular complexity index is 495. The lowest BCUT2D eigenvalue weighted by Crippen LogP contribution is -2.13. The number of hydrogen-bond acceptors (Lipinski definition) is 1. The normalized spacial score (nSPS) is 16.5. The van der Waals surface area contributed by atoms with E-state index in [0.717, 1.165) is 0 Å². The minimum Gasteiger partial charge on any atom is -0.358 e. The first-order valence-electron chi connectivity index (χ1n) is 5.31. The number of aryl methyl sites for hydroxylation is 2. The Kier molecular flexibility index (Phi) is 1.57. The highest BCUT2D eigenvalue weighted by Crippen LogP contribution is 2.51. The van der Waals surface area contributed by atoms with Crippen molar-refractivity contribution in [3.05, 3.63) is 33.8 Å². The largest absolute Gasteiger partial charge is 0.358 e. The molecule has 0 aliphatic heterocycles. The number of hydrogen-bond donors (Lipinski definition) is 1. The molecule has 1 N–H and O–H groups in total. The smallest absolute Gasteiger partial charge is 0.0602 e. The molecule has 3 rings (SSSR count). The van der Waals surface area contributed by atoms with E-state index in [0.29, 0.717) is 0 Å². The monoisotopic (exact) mass is 217 g/mol. The van der Waals surface area contributed by atoms with Gasteiger partial charge in [-0.1, -0.05) is 13.8 Å². The van der Waals surface area contributed by atoms with Gasteiger partial charge in [-0.2, -0.15) is 0 Å². The zero-order valence-corrected chi connectivity index (χ0v) is 10.4. The topological polar surface area (TPSA) is 15.8 Å². The van der Waals surface area contributed by atoms with Gasteiger partial charge in [0.25, 0.3) is 0 Å². The molecular weight excluding hydrogens is 202 g/mol. The van der Waals surface area contributed by atoms with E-state index in [1.165, 1.54) is 32.3 Å². The van der Waals surface area contributed by atoms with Gasteiger partial charge < -0.3 is 4.98 Å².